The number of allylic oxidation sites excluding steroid dienone is 1. The molecule has 2 nitrogen and oxygen atoms in total. The van der Waals surface area contributed by atoms with Crippen molar-refractivity contribution >= 4 is 30.4 Å². The third-order valence-corrected chi connectivity index (χ3v) is 4.93. The highest BCUT2D eigenvalue weighted by Crippen LogP contribution is 2.43. The van der Waals surface area contributed by atoms with Crippen molar-refractivity contribution in [1.29, 1.82) is 0 Å². The smallest absolute Gasteiger partial charge is 0.0200 e. The van der Waals surface area contributed by atoms with Crippen molar-refractivity contribution in [2.75, 3.05) is 32.7 Å². The number of hydrogen-bond donors (Lipinski definition) is 1. The number of hydrogen-bond acceptors (Lipinski definition) is 2. The summed E-state index contributed by atoms with van der Waals surface area (Å²) in [5.74, 6) is 0. The highest BCUT2D eigenvalue weighted by molar-refractivity contribution is 5.85. The van der Waals surface area contributed by atoms with Crippen LogP contribution < -0.4 is 5.32 Å². The summed E-state index contributed by atoms with van der Waals surface area (Å²) in [4.78, 5) is 2.62. The fraction of sp³-hybridized carbons (Fsp3) is 0.579. The highest BCUT2D eigenvalue weighted by atomic mass is 35.5. The Morgan fingerprint density at radius 3 is 2.35 bits per heavy atom. The summed E-state index contributed by atoms with van der Waals surface area (Å²) >= 11 is 0. The molecule has 1 N–H and O–H groups in total. The normalized spacial score (nSPS) is 21.3. The lowest BCUT2D eigenvalue weighted by Crippen LogP contribution is -2.44. The molecule has 1 fully saturated rings. The van der Waals surface area contributed by atoms with Crippen LogP contribution in [0.5, 0.6) is 0 Å². The highest BCUT2D eigenvalue weighted by Gasteiger charge is 2.28. The minimum atomic E-state index is 0. The number of piperazine rings is 1. The molecule has 0 atom stereocenters. The molecule has 1 aliphatic heterocycles. The maximum Gasteiger partial charge on any atom is 0.0200 e. The first kappa shape index (κ1) is 20.5. The minimum absolute atomic E-state index is 0. The van der Waals surface area contributed by atoms with Crippen molar-refractivity contribution in [1.82, 2.24) is 10.2 Å². The van der Waals surface area contributed by atoms with E-state index in [1.165, 1.54) is 44.5 Å². The van der Waals surface area contributed by atoms with E-state index in [2.05, 4.69) is 54.4 Å². The second-order valence-corrected chi connectivity index (χ2v) is 7.32. The summed E-state index contributed by atoms with van der Waals surface area (Å²) in [6.45, 7) is 10.7. The van der Waals surface area contributed by atoms with Crippen molar-refractivity contribution in [2.24, 2.45) is 5.41 Å². The van der Waals surface area contributed by atoms with Gasteiger partial charge in [0.05, 0.1) is 0 Å². The topological polar surface area (TPSA) is 15.3 Å². The molecule has 0 amide bonds. The van der Waals surface area contributed by atoms with Crippen LogP contribution >= 0.6 is 24.8 Å². The first-order valence-corrected chi connectivity index (χ1v) is 8.33. The maximum absolute atomic E-state index is 3.45. The Balaban J connectivity index is 0.00000132. The van der Waals surface area contributed by atoms with Crippen molar-refractivity contribution in [3.63, 3.8) is 0 Å². The summed E-state index contributed by atoms with van der Waals surface area (Å²) in [6.07, 6.45) is 3.81. The van der Waals surface area contributed by atoms with Gasteiger partial charge >= 0.3 is 0 Å². The molecule has 4 heteroatoms. The molecule has 0 saturated carbocycles. The molecule has 1 aliphatic carbocycles. The SMILES string of the molecule is CC1(C)CCC(CN2CCNCC2)=C(c2ccccc2)C1.Cl.Cl. The van der Waals surface area contributed by atoms with E-state index in [0.29, 0.717) is 5.41 Å². The number of nitrogens with one attached hydrogen (secondary N) is 1. The Kier molecular flexibility index (Phi) is 8.09. The van der Waals surface area contributed by atoms with Gasteiger partial charge in [0, 0.05) is 32.7 Å². The van der Waals surface area contributed by atoms with Gasteiger partial charge in [0.15, 0.2) is 0 Å². The molecular weight excluding hydrogens is 327 g/mol. The standard InChI is InChI=1S/C19H28N2.2ClH/c1-19(2)9-8-17(15-21-12-10-20-11-13-21)18(14-19)16-6-4-3-5-7-16;;/h3-7,20H,8-15H2,1-2H3;2*1H. The van der Waals surface area contributed by atoms with Gasteiger partial charge in [-0.05, 0) is 35.8 Å². The fourth-order valence-electron chi connectivity index (χ4n) is 3.59. The summed E-state index contributed by atoms with van der Waals surface area (Å²) in [6, 6.07) is 11.0. The van der Waals surface area contributed by atoms with Gasteiger partial charge < -0.3 is 5.32 Å². The number of nitrogens with zero attached hydrogens (tertiary/aromatic N) is 1. The summed E-state index contributed by atoms with van der Waals surface area (Å²) in [5.41, 5.74) is 5.18. The molecule has 3 rings (SSSR count). The van der Waals surface area contributed by atoms with Gasteiger partial charge in [-0.2, -0.15) is 0 Å². The molecule has 0 radical (unpaired) electrons. The van der Waals surface area contributed by atoms with Crippen LogP contribution in [0.25, 0.3) is 5.57 Å². The molecule has 23 heavy (non-hydrogen) atoms. The second-order valence-electron chi connectivity index (χ2n) is 7.32. The molecule has 1 saturated heterocycles. The summed E-state index contributed by atoms with van der Waals surface area (Å²) in [7, 11) is 0. The predicted molar refractivity (Wildman–Crippen MR) is 105 cm³/mol. The third kappa shape index (κ3) is 5.49. The fourth-order valence-corrected chi connectivity index (χ4v) is 3.59. The van der Waals surface area contributed by atoms with Crippen LogP contribution in [0, 0.1) is 5.41 Å². The molecule has 1 aromatic carbocycles. The van der Waals surface area contributed by atoms with Gasteiger partial charge in [-0.1, -0.05) is 49.8 Å². The Morgan fingerprint density at radius 2 is 1.70 bits per heavy atom. The van der Waals surface area contributed by atoms with E-state index in [0.717, 1.165) is 13.1 Å². The summed E-state index contributed by atoms with van der Waals surface area (Å²) < 4.78 is 0. The van der Waals surface area contributed by atoms with E-state index in [1.807, 2.05) is 0 Å². The van der Waals surface area contributed by atoms with Crippen molar-refractivity contribution in [2.45, 2.75) is 33.1 Å². The Labute approximate surface area is 153 Å². The molecule has 0 aromatic heterocycles. The molecule has 0 bridgehead atoms. The Morgan fingerprint density at radius 1 is 1.04 bits per heavy atom. The lowest BCUT2D eigenvalue weighted by molar-refractivity contribution is 0.249. The van der Waals surface area contributed by atoms with Crippen LogP contribution in [0.15, 0.2) is 35.9 Å². The van der Waals surface area contributed by atoms with E-state index in [4.69, 9.17) is 0 Å². The second kappa shape index (κ2) is 9.08. The maximum atomic E-state index is 3.45. The number of halogens is 2. The van der Waals surface area contributed by atoms with Gasteiger partial charge in [-0.25, -0.2) is 0 Å². The first-order chi connectivity index (χ1) is 10.1. The van der Waals surface area contributed by atoms with E-state index in [9.17, 15) is 0 Å². The van der Waals surface area contributed by atoms with E-state index >= 15 is 0 Å². The Bertz CT molecular complexity index is 505. The third-order valence-electron chi connectivity index (χ3n) is 4.93. The van der Waals surface area contributed by atoms with E-state index in [1.54, 1.807) is 11.1 Å². The molecule has 130 valence electrons. The van der Waals surface area contributed by atoms with Gasteiger partial charge in [0.2, 0.25) is 0 Å². The average Bonchev–Trinajstić information content (AvgIpc) is 2.51. The van der Waals surface area contributed by atoms with Crippen LogP contribution in [0.4, 0.5) is 0 Å². The average molecular weight is 357 g/mol. The molecular formula is C19H30Cl2N2. The van der Waals surface area contributed by atoms with Crippen LogP contribution in [0.3, 0.4) is 0 Å². The van der Waals surface area contributed by atoms with Crippen molar-refractivity contribution < 1.29 is 0 Å². The quantitative estimate of drug-likeness (QED) is 0.863. The van der Waals surface area contributed by atoms with Gasteiger partial charge in [0.25, 0.3) is 0 Å². The lowest BCUT2D eigenvalue weighted by atomic mass is 9.72. The molecule has 1 aromatic rings. The monoisotopic (exact) mass is 356 g/mol. The predicted octanol–water partition coefficient (Wildman–Crippen LogP) is 4.40. The summed E-state index contributed by atoms with van der Waals surface area (Å²) in [5, 5.41) is 3.45. The van der Waals surface area contributed by atoms with Gasteiger partial charge in [-0.15, -0.1) is 24.8 Å². The minimum Gasteiger partial charge on any atom is -0.314 e. The zero-order valence-electron chi connectivity index (χ0n) is 14.3. The lowest BCUT2D eigenvalue weighted by Gasteiger charge is -2.36. The van der Waals surface area contributed by atoms with Crippen molar-refractivity contribution in [3.8, 4) is 0 Å². The van der Waals surface area contributed by atoms with Gasteiger partial charge in [0.1, 0.15) is 0 Å². The Hall–Kier alpha value is -0.540. The zero-order chi connectivity index (χ0) is 14.7. The first-order valence-electron chi connectivity index (χ1n) is 8.33. The molecule has 0 spiro atoms. The number of benzene rings is 1. The van der Waals surface area contributed by atoms with Crippen LogP contribution in [-0.4, -0.2) is 37.6 Å². The van der Waals surface area contributed by atoms with Gasteiger partial charge in [-0.3, -0.25) is 4.90 Å². The molecule has 2 aliphatic rings. The van der Waals surface area contributed by atoms with Crippen LogP contribution in [-0.2, 0) is 0 Å². The molecule has 1 heterocycles. The zero-order valence-corrected chi connectivity index (χ0v) is 15.9. The van der Waals surface area contributed by atoms with E-state index in [-0.39, 0.29) is 24.8 Å². The molecule has 0 unspecified atom stereocenters. The largest absolute Gasteiger partial charge is 0.314 e. The van der Waals surface area contributed by atoms with Crippen LogP contribution in [0.1, 0.15) is 38.7 Å². The van der Waals surface area contributed by atoms with Crippen molar-refractivity contribution in [3.05, 3.63) is 41.5 Å². The number of rotatable bonds is 3. The van der Waals surface area contributed by atoms with E-state index < -0.39 is 0 Å². The van der Waals surface area contributed by atoms with Crippen LogP contribution in [0.2, 0.25) is 0 Å².